The van der Waals surface area contributed by atoms with Crippen LogP contribution in [0.5, 0.6) is 0 Å². The summed E-state index contributed by atoms with van der Waals surface area (Å²) in [5.74, 6) is -0.639. The molecule has 7 nitrogen and oxygen atoms in total. The third-order valence-electron chi connectivity index (χ3n) is 5.27. The van der Waals surface area contributed by atoms with Gasteiger partial charge in [-0.3, -0.25) is 9.10 Å². The van der Waals surface area contributed by atoms with Crippen LogP contribution < -0.4 is 4.31 Å². The van der Waals surface area contributed by atoms with Crippen LogP contribution in [0.15, 0.2) is 42.5 Å². The topological polar surface area (TPSA) is 103 Å². The second-order valence-corrected chi connectivity index (χ2v) is 9.58. The first-order valence-corrected chi connectivity index (χ1v) is 12.2. The summed E-state index contributed by atoms with van der Waals surface area (Å²) in [7, 11) is -3.67. The smallest absolute Gasteiger partial charge is 0.326 e. The number of nitriles is 1. The van der Waals surface area contributed by atoms with Gasteiger partial charge in [0.1, 0.15) is 6.54 Å². The van der Waals surface area contributed by atoms with E-state index in [1.165, 1.54) is 0 Å². The van der Waals surface area contributed by atoms with Crippen LogP contribution in [0.3, 0.4) is 0 Å². The highest BCUT2D eigenvalue weighted by atomic mass is 32.2. The van der Waals surface area contributed by atoms with E-state index in [1.807, 2.05) is 25.1 Å². The first kappa shape index (κ1) is 23.4. The number of nitrogens with one attached hydrogen (secondary N) is 1. The molecule has 0 saturated heterocycles. The quantitative estimate of drug-likeness (QED) is 0.492. The number of nitrogens with zero attached hydrogens (tertiary/aromatic N) is 2. The lowest BCUT2D eigenvalue weighted by atomic mass is 10.0. The van der Waals surface area contributed by atoms with Crippen molar-refractivity contribution in [2.75, 3.05) is 23.2 Å². The van der Waals surface area contributed by atoms with Gasteiger partial charge in [-0.25, -0.2) is 8.42 Å². The van der Waals surface area contributed by atoms with E-state index in [0.29, 0.717) is 24.1 Å². The molecule has 0 radical (unpaired) electrons. The minimum atomic E-state index is -3.67. The molecule has 0 saturated carbocycles. The lowest BCUT2D eigenvalue weighted by Gasteiger charge is -2.23. The third kappa shape index (κ3) is 5.11. The number of aryl methyl sites for hydroxylation is 1. The van der Waals surface area contributed by atoms with Gasteiger partial charge < -0.3 is 9.72 Å². The van der Waals surface area contributed by atoms with Crippen LogP contribution >= 0.6 is 0 Å². The van der Waals surface area contributed by atoms with Crippen molar-refractivity contribution in [2.45, 2.75) is 33.6 Å². The van der Waals surface area contributed by atoms with Gasteiger partial charge in [0.15, 0.2) is 0 Å². The number of aromatic amines is 1. The Morgan fingerprint density at radius 1 is 1.16 bits per heavy atom. The SMILES string of the molecule is CCCS(=O)(=O)N(CC(=O)OCC)c1ccc2[nH]c(Cc3ccc(C#N)cc3)c(C)c2c1. The molecule has 1 aromatic heterocycles. The Morgan fingerprint density at radius 2 is 1.88 bits per heavy atom. The summed E-state index contributed by atoms with van der Waals surface area (Å²) in [5, 5.41) is 9.87. The number of aromatic nitrogens is 1. The monoisotopic (exact) mass is 453 g/mol. The van der Waals surface area contributed by atoms with Crippen molar-refractivity contribution < 1.29 is 17.9 Å². The van der Waals surface area contributed by atoms with Gasteiger partial charge in [-0.1, -0.05) is 19.1 Å². The summed E-state index contributed by atoms with van der Waals surface area (Å²) in [5.41, 5.74) is 5.02. The minimum Gasteiger partial charge on any atom is -0.465 e. The van der Waals surface area contributed by atoms with Crippen molar-refractivity contribution in [3.8, 4) is 6.07 Å². The minimum absolute atomic E-state index is 0.0551. The normalized spacial score (nSPS) is 11.3. The molecule has 8 heteroatoms. The molecule has 168 valence electrons. The fraction of sp³-hybridized carbons (Fsp3) is 0.333. The fourth-order valence-electron chi connectivity index (χ4n) is 3.65. The van der Waals surface area contributed by atoms with E-state index in [-0.39, 0.29) is 18.9 Å². The Morgan fingerprint density at radius 3 is 2.50 bits per heavy atom. The molecule has 0 unspecified atom stereocenters. The van der Waals surface area contributed by atoms with Crippen LogP contribution in [0, 0.1) is 18.3 Å². The Balaban J connectivity index is 1.98. The van der Waals surface area contributed by atoms with E-state index >= 15 is 0 Å². The highest BCUT2D eigenvalue weighted by molar-refractivity contribution is 7.92. The number of carbonyl (C=O) groups excluding carboxylic acids is 1. The van der Waals surface area contributed by atoms with Gasteiger partial charge in [0.2, 0.25) is 10.0 Å². The van der Waals surface area contributed by atoms with Crippen LogP contribution in [0.1, 0.15) is 42.7 Å². The molecule has 2 aromatic carbocycles. The van der Waals surface area contributed by atoms with Crippen molar-refractivity contribution in [3.63, 3.8) is 0 Å². The number of esters is 1. The van der Waals surface area contributed by atoms with Crippen molar-refractivity contribution in [3.05, 3.63) is 64.8 Å². The highest BCUT2D eigenvalue weighted by Gasteiger charge is 2.25. The van der Waals surface area contributed by atoms with E-state index in [2.05, 4.69) is 11.1 Å². The fourth-order valence-corrected chi connectivity index (χ4v) is 5.12. The number of ether oxygens (including phenoxy) is 1. The zero-order chi connectivity index (χ0) is 23.3. The predicted octanol–water partition coefficient (Wildman–Crippen LogP) is 4.05. The molecular weight excluding hydrogens is 426 g/mol. The lowest BCUT2D eigenvalue weighted by Crippen LogP contribution is -2.38. The van der Waals surface area contributed by atoms with Gasteiger partial charge in [0.25, 0.3) is 0 Å². The van der Waals surface area contributed by atoms with Crippen molar-refractivity contribution >= 4 is 32.6 Å². The molecule has 0 aliphatic rings. The molecule has 3 aromatic rings. The van der Waals surface area contributed by atoms with Gasteiger partial charge >= 0.3 is 5.97 Å². The van der Waals surface area contributed by atoms with Crippen molar-refractivity contribution in [2.24, 2.45) is 0 Å². The Kier molecular flexibility index (Phi) is 7.21. The van der Waals surface area contributed by atoms with Crippen molar-refractivity contribution in [1.82, 2.24) is 4.98 Å². The van der Waals surface area contributed by atoms with Crippen LogP contribution in [0.2, 0.25) is 0 Å². The molecule has 0 fully saturated rings. The molecule has 0 aliphatic heterocycles. The van der Waals surface area contributed by atoms with E-state index < -0.39 is 16.0 Å². The number of hydrogen-bond donors (Lipinski definition) is 1. The molecule has 0 amide bonds. The van der Waals surface area contributed by atoms with Crippen LogP contribution in [-0.4, -0.2) is 38.3 Å². The van der Waals surface area contributed by atoms with Gasteiger partial charge in [0, 0.05) is 23.0 Å². The maximum atomic E-state index is 12.9. The average Bonchev–Trinajstić information content (AvgIpc) is 3.07. The molecule has 0 bridgehead atoms. The number of benzene rings is 2. The second-order valence-electron chi connectivity index (χ2n) is 7.57. The Bertz CT molecular complexity index is 1250. The molecule has 0 atom stereocenters. The van der Waals surface area contributed by atoms with Gasteiger partial charge in [-0.05, 0) is 61.7 Å². The summed E-state index contributed by atoms with van der Waals surface area (Å²) in [4.78, 5) is 15.5. The summed E-state index contributed by atoms with van der Waals surface area (Å²) in [6.45, 7) is 5.29. The van der Waals surface area contributed by atoms with Crippen LogP contribution in [-0.2, 0) is 26.0 Å². The van der Waals surface area contributed by atoms with Crippen LogP contribution in [0.4, 0.5) is 5.69 Å². The molecule has 1 N–H and O–H groups in total. The lowest BCUT2D eigenvalue weighted by molar-refractivity contribution is -0.141. The summed E-state index contributed by atoms with van der Waals surface area (Å²) >= 11 is 0. The zero-order valence-electron chi connectivity index (χ0n) is 18.5. The Labute approximate surface area is 188 Å². The molecule has 0 aliphatic carbocycles. The summed E-state index contributed by atoms with van der Waals surface area (Å²) in [6.07, 6.45) is 1.10. The van der Waals surface area contributed by atoms with Crippen molar-refractivity contribution in [1.29, 1.82) is 5.26 Å². The number of fused-ring (bicyclic) bond motifs is 1. The number of H-pyrrole nitrogens is 1. The van der Waals surface area contributed by atoms with Gasteiger partial charge in [0.05, 0.1) is 29.7 Å². The number of sulfonamides is 1. The third-order valence-corrected chi connectivity index (χ3v) is 7.21. The first-order chi connectivity index (χ1) is 15.3. The number of anilines is 1. The molecule has 0 spiro atoms. The predicted molar refractivity (Wildman–Crippen MR) is 125 cm³/mol. The van der Waals surface area contributed by atoms with Crippen LogP contribution in [0.25, 0.3) is 10.9 Å². The molecule has 32 heavy (non-hydrogen) atoms. The number of hydrogen-bond acceptors (Lipinski definition) is 5. The zero-order valence-corrected chi connectivity index (χ0v) is 19.3. The largest absolute Gasteiger partial charge is 0.465 e. The maximum Gasteiger partial charge on any atom is 0.326 e. The second kappa shape index (κ2) is 9.88. The standard InChI is InChI=1S/C24H27N3O4S/c1-4-12-32(29,30)27(16-24(28)31-5-2)20-10-11-22-21(14-20)17(3)23(26-22)13-18-6-8-19(15-25)9-7-18/h6-11,14,26H,4-5,12-13,16H2,1-3H3. The maximum absolute atomic E-state index is 12.9. The number of rotatable bonds is 9. The molecule has 1 heterocycles. The van der Waals surface area contributed by atoms with E-state index in [1.54, 1.807) is 38.1 Å². The first-order valence-electron chi connectivity index (χ1n) is 10.5. The molecule has 3 rings (SSSR count). The molecular formula is C24H27N3O4S. The van der Waals surface area contributed by atoms with Gasteiger partial charge in [-0.2, -0.15) is 5.26 Å². The summed E-state index contributed by atoms with van der Waals surface area (Å²) < 4.78 is 31.9. The van der Waals surface area contributed by atoms with E-state index in [4.69, 9.17) is 10.00 Å². The number of carbonyl (C=O) groups is 1. The summed E-state index contributed by atoms with van der Waals surface area (Å²) in [6, 6.07) is 14.9. The Hall–Kier alpha value is -3.31. The van der Waals surface area contributed by atoms with Gasteiger partial charge in [-0.15, -0.1) is 0 Å². The average molecular weight is 454 g/mol. The highest BCUT2D eigenvalue weighted by Crippen LogP contribution is 2.29. The van der Waals surface area contributed by atoms with E-state index in [0.717, 1.165) is 32.0 Å². The van der Waals surface area contributed by atoms with E-state index in [9.17, 15) is 13.2 Å².